The number of carbonyl (C=O) groups is 1. The SMILES string of the molecule is C=CCS(=O)(=O)N(N)C(=O)OC1COS(=O)(=O)C1. The van der Waals surface area contributed by atoms with Crippen molar-refractivity contribution in [1.29, 1.82) is 0 Å². The Bertz CT molecular complexity index is 538. The minimum absolute atomic E-state index is 0.0976. The van der Waals surface area contributed by atoms with Crippen molar-refractivity contribution in [3.05, 3.63) is 12.7 Å². The minimum Gasteiger partial charge on any atom is -0.441 e. The van der Waals surface area contributed by atoms with Crippen LogP contribution in [0.2, 0.25) is 0 Å². The summed E-state index contributed by atoms with van der Waals surface area (Å²) in [6.45, 7) is 2.84. The van der Waals surface area contributed by atoms with Crippen LogP contribution in [0.15, 0.2) is 12.7 Å². The summed E-state index contributed by atoms with van der Waals surface area (Å²) in [5, 5.41) is 0. The first kappa shape index (κ1) is 14.9. The highest BCUT2D eigenvalue weighted by Crippen LogP contribution is 2.13. The van der Waals surface area contributed by atoms with Crippen molar-refractivity contribution in [2.24, 2.45) is 5.84 Å². The van der Waals surface area contributed by atoms with Gasteiger partial charge in [-0.2, -0.15) is 8.42 Å². The topological polar surface area (TPSA) is 133 Å². The molecule has 0 saturated carbocycles. The van der Waals surface area contributed by atoms with Crippen molar-refractivity contribution in [1.82, 2.24) is 4.41 Å². The van der Waals surface area contributed by atoms with Gasteiger partial charge in [-0.25, -0.2) is 19.1 Å². The Hall–Kier alpha value is -1.17. The quantitative estimate of drug-likeness (QED) is 0.219. The maximum atomic E-state index is 11.4. The molecule has 9 nitrogen and oxygen atoms in total. The predicted octanol–water partition coefficient (Wildman–Crippen LogP) is -1.46. The Morgan fingerprint density at radius 2 is 2.22 bits per heavy atom. The summed E-state index contributed by atoms with van der Waals surface area (Å²) in [6.07, 6.45) is -1.40. The molecule has 0 bridgehead atoms. The first-order valence-electron chi connectivity index (χ1n) is 4.64. The molecule has 1 atom stereocenters. The molecule has 1 aliphatic rings. The third kappa shape index (κ3) is 3.66. The van der Waals surface area contributed by atoms with Gasteiger partial charge in [-0.15, -0.1) is 11.0 Å². The molecule has 1 fully saturated rings. The number of ether oxygens (including phenoxy) is 1. The number of carbonyl (C=O) groups excluding carboxylic acids is 1. The molecule has 18 heavy (non-hydrogen) atoms. The zero-order valence-corrected chi connectivity index (χ0v) is 10.8. The lowest BCUT2D eigenvalue weighted by molar-refractivity contribution is 0.0781. The smallest absolute Gasteiger partial charge is 0.438 e. The number of nitrogens with two attached hydrogens (primary N) is 1. The Morgan fingerprint density at radius 3 is 2.67 bits per heavy atom. The number of hydrogen-bond acceptors (Lipinski definition) is 8. The summed E-state index contributed by atoms with van der Waals surface area (Å²) in [5.41, 5.74) is 0. The molecule has 0 aromatic carbocycles. The fourth-order valence-corrected chi connectivity index (χ4v) is 2.91. The molecule has 0 spiro atoms. The lowest BCUT2D eigenvalue weighted by Crippen LogP contribution is -2.45. The van der Waals surface area contributed by atoms with Crippen LogP contribution in [0.1, 0.15) is 0 Å². The van der Waals surface area contributed by atoms with Crippen LogP contribution in [0.25, 0.3) is 0 Å². The fourth-order valence-electron chi connectivity index (χ4n) is 1.11. The first-order chi connectivity index (χ1) is 8.18. The van der Waals surface area contributed by atoms with Crippen LogP contribution in [0.5, 0.6) is 0 Å². The van der Waals surface area contributed by atoms with Crippen molar-refractivity contribution in [3.8, 4) is 0 Å². The van der Waals surface area contributed by atoms with Gasteiger partial charge in [-0.1, -0.05) is 6.08 Å². The van der Waals surface area contributed by atoms with Crippen LogP contribution in [0.4, 0.5) is 4.79 Å². The van der Waals surface area contributed by atoms with E-state index in [9.17, 15) is 21.6 Å². The minimum atomic E-state index is -4.05. The van der Waals surface area contributed by atoms with E-state index in [2.05, 4.69) is 15.5 Å². The van der Waals surface area contributed by atoms with Crippen LogP contribution < -0.4 is 5.84 Å². The molecule has 0 radical (unpaired) electrons. The number of hydrazine groups is 1. The summed E-state index contributed by atoms with van der Waals surface area (Å²) >= 11 is 0. The van der Waals surface area contributed by atoms with Crippen LogP contribution in [0.3, 0.4) is 0 Å². The van der Waals surface area contributed by atoms with E-state index in [0.29, 0.717) is 0 Å². The molecule has 0 aliphatic carbocycles. The third-order valence-corrected chi connectivity index (χ3v) is 4.58. The Morgan fingerprint density at radius 1 is 1.61 bits per heavy atom. The highest BCUT2D eigenvalue weighted by molar-refractivity contribution is 7.89. The highest BCUT2D eigenvalue weighted by atomic mass is 32.2. The average Bonchev–Trinajstić information content (AvgIpc) is 2.56. The van der Waals surface area contributed by atoms with Gasteiger partial charge in [-0.05, 0) is 0 Å². The fraction of sp³-hybridized carbons (Fsp3) is 0.571. The second-order valence-corrected chi connectivity index (χ2v) is 6.95. The molecular formula is C7H12N2O7S2. The Balaban J connectivity index is 2.64. The molecule has 1 amide bonds. The molecule has 2 N–H and O–H groups in total. The summed E-state index contributed by atoms with van der Waals surface area (Å²) < 4.78 is 53.3. The molecule has 0 aromatic heterocycles. The molecule has 1 rings (SSSR count). The van der Waals surface area contributed by atoms with E-state index in [1.165, 1.54) is 0 Å². The maximum absolute atomic E-state index is 11.4. The van der Waals surface area contributed by atoms with E-state index >= 15 is 0 Å². The third-order valence-electron chi connectivity index (χ3n) is 1.90. The normalized spacial score (nSPS) is 22.4. The second-order valence-electron chi connectivity index (χ2n) is 3.38. The Labute approximate surface area is 104 Å². The molecule has 1 heterocycles. The molecule has 1 saturated heterocycles. The summed E-state index contributed by atoms with van der Waals surface area (Å²) in [5.74, 6) is 3.98. The number of nitrogens with zero attached hydrogens (tertiary/aromatic N) is 1. The largest absolute Gasteiger partial charge is 0.441 e. The van der Waals surface area contributed by atoms with Crippen molar-refractivity contribution < 1.29 is 30.6 Å². The van der Waals surface area contributed by atoms with Crippen LogP contribution in [0, 0.1) is 0 Å². The van der Waals surface area contributed by atoms with Crippen molar-refractivity contribution in [3.63, 3.8) is 0 Å². The van der Waals surface area contributed by atoms with Crippen molar-refractivity contribution in [2.45, 2.75) is 6.10 Å². The van der Waals surface area contributed by atoms with Gasteiger partial charge in [0.15, 0.2) is 0 Å². The zero-order chi connectivity index (χ0) is 14.0. The predicted molar refractivity (Wildman–Crippen MR) is 60.0 cm³/mol. The van der Waals surface area contributed by atoms with Gasteiger partial charge in [0, 0.05) is 0 Å². The van der Waals surface area contributed by atoms with E-state index in [1.807, 2.05) is 0 Å². The first-order valence-corrected chi connectivity index (χ1v) is 7.83. The molecule has 11 heteroatoms. The number of amides is 1. The maximum Gasteiger partial charge on any atom is 0.438 e. The molecule has 1 aliphatic heterocycles. The highest BCUT2D eigenvalue weighted by Gasteiger charge is 2.34. The van der Waals surface area contributed by atoms with Crippen molar-refractivity contribution >= 4 is 26.2 Å². The number of sulfonamides is 1. The number of hydrogen-bond donors (Lipinski definition) is 1. The van der Waals surface area contributed by atoms with E-state index < -0.39 is 43.8 Å². The zero-order valence-electron chi connectivity index (χ0n) is 9.18. The van der Waals surface area contributed by atoms with E-state index in [-0.39, 0.29) is 11.0 Å². The van der Waals surface area contributed by atoms with E-state index in [4.69, 9.17) is 5.84 Å². The van der Waals surface area contributed by atoms with E-state index in [1.54, 1.807) is 0 Å². The summed E-state index contributed by atoms with van der Waals surface area (Å²) in [4.78, 5) is 11.3. The monoisotopic (exact) mass is 300 g/mol. The van der Waals surface area contributed by atoms with Gasteiger partial charge in [0.25, 0.3) is 20.1 Å². The summed E-state index contributed by atoms with van der Waals surface area (Å²) in [6, 6.07) is 0. The van der Waals surface area contributed by atoms with Gasteiger partial charge in [0.2, 0.25) is 0 Å². The standard InChI is InChI=1S/C7H12N2O7S2/c1-2-3-17(11,12)9(8)7(10)16-6-4-15-18(13,14)5-6/h2,6H,1,3-5,8H2. The summed E-state index contributed by atoms with van der Waals surface area (Å²) in [7, 11) is -7.77. The lowest BCUT2D eigenvalue weighted by Gasteiger charge is -2.17. The van der Waals surface area contributed by atoms with Gasteiger partial charge in [0.05, 0.1) is 5.75 Å². The van der Waals surface area contributed by atoms with Gasteiger partial charge < -0.3 is 4.74 Å². The van der Waals surface area contributed by atoms with Gasteiger partial charge in [-0.3, -0.25) is 4.18 Å². The van der Waals surface area contributed by atoms with Crippen LogP contribution in [-0.2, 0) is 29.1 Å². The Kier molecular flexibility index (Phi) is 4.32. The average molecular weight is 300 g/mol. The lowest BCUT2D eigenvalue weighted by atomic mass is 10.4. The van der Waals surface area contributed by atoms with Gasteiger partial charge in [0.1, 0.15) is 18.5 Å². The molecule has 104 valence electrons. The molecule has 1 unspecified atom stereocenters. The molecular weight excluding hydrogens is 288 g/mol. The van der Waals surface area contributed by atoms with Crippen LogP contribution in [-0.4, -0.2) is 51.6 Å². The van der Waals surface area contributed by atoms with E-state index in [0.717, 1.165) is 6.08 Å². The van der Waals surface area contributed by atoms with Crippen molar-refractivity contribution in [2.75, 3.05) is 18.1 Å². The van der Waals surface area contributed by atoms with Gasteiger partial charge >= 0.3 is 6.09 Å². The molecule has 0 aromatic rings. The second kappa shape index (κ2) is 5.22. The van der Waals surface area contributed by atoms with Crippen LogP contribution >= 0.6 is 0 Å². The number of rotatable bonds is 4.